The van der Waals surface area contributed by atoms with Crippen molar-refractivity contribution in [2.75, 3.05) is 13.1 Å². The Morgan fingerprint density at radius 2 is 2.10 bits per heavy atom. The number of likely N-dealkylation sites (tertiary alicyclic amines) is 1. The number of nitrogens with one attached hydrogen (secondary N) is 1. The standard InChI is InChI=1S/C14H20N2O4/c1-9-11(7-13(20-9)14(18)19)8-16-5-3-12(4-6-16)15-10(2)17/h7,12H,3-6,8H2,1-2H3,(H,15,17)(H,18,19). The second kappa shape index (κ2) is 6.09. The summed E-state index contributed by atoms with van der Waals surface area (Å²) in [5.41, 5.74) is 0.917. The number of furan rings is 1. The summed E-state index contributed by atoms with van der Waals surface area (Å²) in [5, 5.41) is 11.8. The molecule has 1 saturated heterocycles. The van der Waals surface area contributed by atoms with Crippen molar-refractivity contribution in [2.45, 2.75) is 39.3 Å². The van der Waals surface area contributed by atoms with Gasteiger partial charge in [0.15, 0.2) is 0 Å². The van der Waals surface area contributed by atoms with E-state index in [0.29, 0.717) is 12.3 Å². The van der Waals surface area contributed by atoms with E-state index in [1.54, 1.807) is 13.0 Å². The maximum Gasteiger partial charge on any atom is 0.371 e. The Balaban J connectivity index is 1.89. The molecule has 2 rings (SSSR count). The Morgan fingerprint density at radius 3 is 2.60 bits per heavy atom. The summed E-state index contributed by atoms with van der Waals surface area (Å²) in [7, 11) is 0. The minimum atomic E-state index is -1.04. The fourth-order valence-corrected chi connectivity index (χ4v) is 2.55. The lowest BCUT2D eigenvalue weighted by Crippen LogP contribution is -2.43. The normalized spacial score (nSPS) is 17.1. The van der Waals surface area contributed by atoms with Gasteiger partial charge >= 0.3 is 5.97 Å². The fourth-order valence-electron chi connectivity index (χ4n) is 2.55. The van der Waals surface area contributed by atoms with Gasteiger partial charge in [-0.3, -0.25) is 9.69 Å². The van der Waals surface area contributed by atoms with Crippen LogP contribution in [-0.2, 0) is 11.3 Å². The van der Waals surface area contributed by atoms with Crippen LogP contribution in [0.15, 0.2) is 10.5 Å². The largest absolute Gasteiger partial charge is 0.475 e. The molecule has 0 radical (unpaired) electrons. The van der Waals surface area contributed by atoms with Crippen molar-refractivity contribution in [1.29, 1.82) is 0 Å². The molecule has 6 nitrogen and oxygen atoms in total. The number of hydrogen-bond donors (Lipinski definition) is 2. The van der Waals surface area contributed by atoms with Crippen molar-refractivity contribution in [3.8, 4) is 0 Å². The number of nitrogens with zero attached hydrogens (tertiary/aromatic N) is 1. The minimum Gasteiger partial charge on any atom is -0.475 e. The Hall–Kier alpha value is -1.82. The molecule has 0 aromatic carbocycles. The molecule has 1 amide bonds. The van der Waals surface area contributed by atoms with Gasteiger partial charge in [0.25, 0.3) is 0 Å². The van der Waals surface area contributed by atoms with E-state index in [4.69, 9.17) is 9.52 Å². The molecule has 0 unspecified atom stereocenters. The highest BCUT2D eigenvalue weighted by atomic mass is 16.4. The summed E-state index contributed by atoms with van der Waals surface area (Å²) in [6.45, 7) is 5.78. The first-order valence-electron chi connectivity index (χ1n) is 6.77. The summed E-state index contributed by atoms with van der Waals surface area (Å²) >= 11 is 0. The second-order valence-corrected chi connectivity index (χ2v) is 5.25. The zero-order valence-corrected chi connectivity index (χ0v) is 11.8. The highest BCUT2D eigenvalue weighted by Gasteiger charge is 2.21. The molecule has 2 N–H and O–H groups in total. The van der Waals surface area contributed by atoms with Crippen LogP contribution in [0.1, 0.15) is 41.6 Å². The molecule has 1 aromatic rings. The number of carbonyl (C=O) groups is 2. The molecule has 1 aliphatic heterocycles. The van der Waals surface area contributed by atoms with Crippen LogP contribution in [0.25, 0.3) is 0 Å². The third kappa shape index (κ3) is 3.60. The maximum atomic E-state index is 11.0. The van der Waals surface area contributed by atoms with E-state index in [1.807, 2.05) is 0 Å². The van der Waals surface area contributed by atoms with Crippen LogP contribution in [0.3, 0.4) is 0 Å². The molecule has 0 bridgehead atoms. The van der Waals surface area contributed by atoms with E-state index in [1.165, 1.54) is 6.92 Å². The van der Waals surface area contributed by atoms with Crippen molar-refractivity contribution >= 4 is 11.9 Å². The molecule has 0 saturated carbocycles. The third-order valence-electron chi connectivity index (χ3n) is 3.62. The van der Waals surface area contributed by atoms with Crippen molar-refractivity contribution in [1.82, 2.24) is 10.2 Å². The number of carbonyl (C=O) groups excluding carboxylic acids is 1. The average molecular weight is 280 g/mol. The Labute approximate surface area is 117 Å². The summed E-state index contributed by atoms with van der Waals surface area (Å²) in [6.07, 6.45) is 1.84. The van der Waals surface area contributed by atoms with E-state index in [0.717, 1.165) is 31.5 Å². The minimum absolute atomic E-state index is 0.00867. The zero-order valence-electron chi connectivity index (χ0n) is 11.8. The highest BCUT2D eigenvalue weighted by molar-refractivity contribution is 5.84. The van der Waals surface area contributed by atoms with E-state index in [9.17, 15) is 9.59 Å². The van der Waals surface area contributed by atoms with Crippen molar-refractivity contribution in [3.05, 3.63) is 23.2 Å². The quantitative estimate of drug-likeness (QED) is 0.870. The van der Waals surface area contributed by atoms with Gasteiger partial charge in [0.1, 0.15) is 5.76 Å². The number of carboxylic acid groups (broad SMARTS) is 1. The van der Waals surface area contributed by atoms with Gasteiger partial charge in [0, 0.05) is 38.2 Å². The number of rotatable bonds is 4. The van der Waals surface area contributed by atoms with Crippen LogP contribution in [0, 0.1) is 6.92 Å². The van der Waals surface area contributed by atoms with Gasteiger partial charge in [0.05, 0.1) is 0 Å². The van der Waals surface area contributed by atoms with Crippen LogP contribution in [0.5, 0.6) is 0 Å². The number of aromatic carboxylic acids is 1. The molecule has 0 atom stereocenters. The molecular formula is C14H20N2O4. The smallest absolute Gasteiger partial charge is 0.371 e. The van der Waals surface area contributed by atoms with Crippen molar-refractivity contribution in [2.24, 2.45) is 0 Å². The SMILES string of the molecule is CC(=O)NC1CCN(Cc2cc(C(=O)O)oc2C)CC1. The lowest BCUT2D eigenvalue weighted by atomic mass is 10.0. The molecule has 1 aliphatic rings. The monoisotopic (exact) mass is 280 g/mol. The van der Waals surface area contributed by atoms with E-state index >= 15 is 0 Å². The zero-order chi connectivity index (χ0) is 14.7. The number of aryl methyl sites for hydroxylation is 1. The van der Waals surface area contributed by atoms with Gasteiger partial charge in [-0.1, -0.05) is 0 Å². The number of hydrogen-bond acceptors (Lipinski definition) is 4. The highest BCUT2D eigenvalue weighted by Crippen LogP contribution is 2.19. The first kappa shape index (κ1) is 14.6. The Morgan fingerprint density at radius 1 is 1.45 bits per heavy atom. The summed E-state index contributed by atoms with van der Waals surface area (Å²) in [6, 6.07) is 1.85. The molecule has 6 heteroatoms. The molecule has 0 aliphatic carbocycles. The lowest BCUT2D eigenvalue weighted by molar-refractivity contribution is -0.119. The molecule has 110 valence electrons. The van der Waals surface area contributed by atoms with Gasteiger partial charge in [0.2, 0.25) is 11.7 Å². The van der Waals surface area contributed by atoms with Crippen LogP contribution < -0.4 is 5.32 Å². The van der Waals surface area contributed by atoms with Crippen LogP contribution >= 0.6 is 0 Å². The predicted molar refractivity (Wildman–Crippen MR) is 72.5 cm³/mol. The summed E-state index contributed by atoms with van der Waals surface area (Å²) in [5.74, 6) is -0.374. The molecule has 2 heterocycles. The number of amides is 1. The number of carboxylic acids is 1. The Bertz CT molecular complexity index is 501. The molecule has 1 fully saturated rings. The summed E-state index contributed by atoms with van der Waals surface area (Å²) in [4.78, 5) is 24.1. The van der Waals surface area contributed by atoms with E-state index < -0.39 is 5.97 Å². The lowest BCUT2D eigenvalue weighted by Gasteiger charge is -2.31. The summed E-state index contributed by atoms with van der Waals surface area (Å²) < 4.78 is 5.21. The number of piperidine rings is 1. The first-order chi connectivity index (χ1) is 9.45. The average Bonchev–Trinajstić information content (AvgIpc) is 2.73. The van der Waals surface area contributed by atoms with E-state index in [2.05, 4.69) is 10.2 Å². The van der Waals surface area contributed by atoms with Crippen molar-refractivity contribution < 1.29 is 19.1 Å². The molecule has 0 spiro atoms. The Kier molecular flexibility index (Phi) is 4.44. The first-order valence-corrected chi connectivity index (χ1v) is 6.77. The van der Waals surface area contributed by atoms with Crippen LogP contribution in [0.2, 0.25) is 0 Å². The molecule has 20 heavy (non-hydrogen) atoms. The maximum absolute atomic E-state index is 11.0. The molecular weight excluding hydrogens is 260 g/mol. The second-order valence-electron chi connectivity index (χ2n) is 5.25. The van der Waals surface area contributed by atoms with Gasteiger partial charge in [-0.2, -0.15) is 0 Å². The van der Waals surface area contributed by atoms with Crippen LogP contribution in [-0.4, -0.2) is 41.0 Å². The topological polar surface area (TPSA) is 82.8 Å². The van der Waals surface area contributed by atoms with Crippen molar-refractivity contribution in [3.63, 3.8) is 0 Å². The molecule has 1 aromatic heterocycles. The third-order valence-corrected chi connectivity index (χ3v) is 3.62. The van der Waals surface area contributed by atoms with Gasteiger partial charge in [-0.15, -0.1) is 0 Å². The van der Waals surface area contributed by atoms with Gasteiger partial charge in [-0.25, -0.2) is 4.79 Å². The fraction of sp³-hybridized carbons (Fsp3) is 0.571. The van der Waals surface area contributed by atoms with Gasteiger partial charge < -0.3 is 14.8 Å². The predicted octanol–water partition coefficient (Wildman–Crippen LogP) is 1.39. The van der Waals surface area contributed by atoms with Gasteiger partial charge in [-0.05, 0) is 25.8 Å². The van der Waals surface area contributed by atoms with E-state index in [-0.39, 0.29) is 17.7 Å². The van der Waals surface area contributed by atoms with Crippen LogP contribution in [0.4, 0.5) is 0 Å².